The number of carbonyl (C=O) groups is 9. The number of thioether (sulfide) groups is 1. The van der Waals surface area contributed by atoms with Gasteiger partial charge in [0.2, 0.25) is 53.2 Å². The second-order valence-electron chi connectivity index (χ2n) is 19.0. The first-order chi connectivity index (χ1) is 36.5. The number of aliphatic imine (C=N–C) groups is 2. The smallest absolute Gasteiger partial charge is 0.244 e. The topological polar surface area (TPSA) is 437 Å². The fourth-order valence-electron chi connectivity index (χ4n) is 7.42. The molecule has 0 saturated carbocycles. The zero-order valence-corrected chi connectivity index (χ0v) is 47.1. The van der Waals surface area contributed by atoms with Gasteiger partial charge in [0.05, 0.1) is 12.6 Å². The van der Waals surface area contributed by atoms with Gasteiger partial charge in [-0.2, -0.15) is 11.8 Å². The van der Waals surface area contributed by atoms with Crippen LogP contribution in [0, 0.1) is 11.8 Å². The predicted molar refractivity (Wildman–Crippen MR) is 302 cm³/mol. The Morgan fingerprint density at radius 1 is 0.701 bits per heavy atom. The number of phenols is 1. The molecular formula is C48H82N16O10S3. The number of amides is 9. The second-order valence-corrected chi connectivity index (χ2v) is 22.5. The van der Waals surface area contributed by atoms with Crippen LogP contribution in [-0.4, -0.2) is 169 Å². The number of primary amides is 1. The van der Waals surface area contributed by atoms with Crippen LogP contribution in [0.25, 0.3) is 0 Å². The number of nitrogens with one attached hydrogen (secondary N) is 9. The lowest BCUT2D eigenvalue weighted by Gasteiger charge is -2.28. The third-order valence-corrected chi connectivity index (χ3v) is 14.6. The third-order valence-electron chi connectivity index (χ3n) is 11.6. The predicted octanol–water partition coefficient (Wildman–Crippen LogP) is -2.74. The van der Waals surface area contributed by atoms with Crippen molar-refractivity contribution in [2.24, 2.45) is 50.5 Å². The summed E-state index contributed by atoms with van der Waals surface area (Å²) < 4.78 is 0. The van der Waals surface area contributed by atoms with Crippen molar-refractivity contribution in [2.45, 2.75) is 128 Å². The Hall–Kier alpha value is -6.20. The van der Waals surface area contributed by atoms with Crippen molar-refractivity contribution in [3.8, 4) is 5.75 Å². The molecule has 1 heterocycles. The molecule has 26 nitrogen and oxygen atoms in total. The highest BCUT2D eigenvalue weighted by Crippen LogP contribution is 2.23. The van der Waals surface area contributed by atoms with Gasteiger partial charge in [-0.3, -0.25) is 53.1 Å². The van der Waals surface area contributed by atoms with Crippen LogP contribution in [0.1, 0.15) is 84.6 Å². The largest absolute Gasteiger partial charge is 0.508 e. The lowest BCUT2D eigenvalue weighted by Crippen LogP contribution is -2.59. The highest BCUT2D eigenvalue weighted by Gasteiger charge is 2.34. The fourth-order valence-corrected chi connectivity index (χ4v) is 10.3. The first-order valence-corrected chi connectivity index (χ1v) is 29.4. The monoisotopic (exact) mass is 1140 g/mol. The van der Waals surface area contributed by atoms with Crippen LogP contribution >= 0.6 is 33.3 Å². The van der Waals surface area contributed by atoms with Crippen LogP contribution in [0.2, 0.25) is 0 Å². The van der Waals surface area contributed by atoms with E-state index >= 15 is 0 Å². The van der Waals surface area contributed by atoms with Crippen molar-refractivity contribution in [3.05, 3.63) is 29.8 Å². The highest BCUT2D eigenvalue weighted by molar-refractivity contribution is 8.76. The Morgan fingerprint density at radius 2 is 1.30 bits per heavy atom. The van der Waals surface area contributed by atoms with E-state index in [1.54, 1.807) is 26.0 Å². The molecule has 0 radical (unpaired) electrons. The number of benzene rings is 1. The van der Waals surface area contributed by atoms with Gasteiger partial charge in [0.25, 0.3) is 0 Å². The number of nitrogens with two attached hydrogens (primary N) is 5. The summed E-state index contributed by atoms with van der Waals surface area (Å²) in [4.78, 5) is 131. The number of nitrogens with zero attached hydrogens (tertiary/aromatic N) is 2. The number of guanidine groups is 2. The minimum absolute atomic E-state index is 0.00359. The number of carbonyl (C=O) groups excluding carboxylic acids is 9. The lowest BCUT2D eigenvalue weighted by molar-refractivity contribution is -0.135. The molecule has 432 valence electrons. The number of hydrogen-bond donors (Lipinski definition) is 15. The molecule has 7 unspecified atom stereocenters. The number of hydrogen-bond acceptors (Lipinski definition) is 16. The van der Waals surface area contributed by atoms with Crippen molar-refractivity contribution in [1.82, 2.24) is 47.9 Å². The van der Waals surface area contributed by atoms with Crippen LogP contribution in [0.5, 0.6) is 5.75 Å². The molecule has 1 aromatic rings. The Morgan fingerprint density at radius 3 is 1.92 bits per heavy atom. The summed E-state index contributed by atoms with van der Waals surface area (Å²) in [6.07, 6.45) is 3.54. The average Bonchev–Trinajstić information content (AvgIpc) is 3.36. The van der Waals surface area contributed by atoms with Gasteiger partial charge in [0.15, 0.2) is 11.9 Å². The number of rotatable bonds is 19. The molecule has 1 fully saturated rings. The molecule has 0 bridgehead atoms. The molecule has 77 heavy (non-hydrogen) atoms. The Bertz CT molecular complexity index is 2150. The van der Waals surface area contributed by atoms with Crippen molar-refractivity contribution in [2.75, 3.05) is 56.2 Å². The summed E-state index contributed by atoms with van der Waals surface area (Å²) in [7, 11) is 2.40. The first kappa shape index (κ1) is 66.9. The second kappa shape index (κ2) is 36.8. The van der Waals surface area contributed by atoms with Gasteiger partial charge in [-0.05, 0) is 93.0 Å². The maximum Gasteiger partial charge on any atom is 0.244 e. The van der Waals surface area contributed by atoms with Crippen molar-refractivity contribution in [3.63, 3.8) is 0 Å². The van der Waals surface area contributed by atoms with Gasteiger partial charge in [0, 0.05) is 44.0 Å². The minimum atomic E-state index is -1.27. The zero-order valence-electron chi connectivity index (χ0n) is 44.7. The number of aromatic hydroxyl groups is 1. The minimum Gasteiger partial charge on any atom is -0.508 e. The SMILES string of the molecule is CSCCC1NC(=O)C(NC(=O)CCCCN=C(N)N)CSSCC(C(N)=O)NCCCNC(=O)C(Cc2ccc(O)cc2)NC(=O)C(C(C)C)NC(=O)C(CCCN=C(N)N)NC(=O)CNC(=O)C(CC(C)C)NC1=O. The quantitative estimate of drug-likeness (QED) is 0.0289. The van der Waals surface area contributed by atoms with E-state index in [2.05, 4.69) is 57.8 Å². The van der Waals surface area contributed by atoms with Gasteiger partial charge in [-0.15, -0.1) is 0 Å². The Balaban J connectivity index is 2.56. The van der Waals surface area contributed by atoms with Gasteiger partial charge in [-0.1, -0.05) is 61.4 Å². The van der Waals surface area contributed by atoms with E-state index in [1.165, 1.54) is 45.5 Å². The molecule has 1 aliphatic heterocycles. The van der Waals surface area contributed by atoms with Crippen LogP contribution in [0.3, 0.4) is 0 Å². The molecule has 0 spiro atoms. The summed E-state index contributed by atoms with van der Waals surface area (Å²) in [5.41, 5.74) is 28.2. The molecule has 0 aliphatic carbocycles. The number of phenolic OH excluding ortho intramolecular Hbond substituents is 1. The fraction of sp³-hybridized carbons (Fsp3) is 0.646. The molecule has 1 aromatic carbocycles. The molecule has 20 N–H and O–H groups in total. The Kier molecular flexibility index (Phi) is 31.9. The molecule has 1 aliphatic rings. The molecular weight excluding hydrogens is 1060 g/mol. The summed E-state index contributed by atoms with van der Waals surface area (Å²) in [6, 6.07) is -1.93. The van der Waals surface area contributed by atoms with E-state index in [9.17, 15) is 48.3 Å². The molecule has 7 atom stereocenters. The molecule has 9 amide bonds. The van der Waals surface area contributed by atoms with Gasteiger partial charge in [-0.25, -0.2) is 0 Å². The highest BCUT2D eigenvalue weighted by atomic mass is 33.1. The van der Waals surface area contributed by atoms with Gasteiger partial charge < -0.3 is 81.6 Å². The third kappa shape index (κ3) is 28.1. The van der Waals surface area contributed by atoms with Crippen LogP contribution in [0.15, 0.2) is 34.3 Å². The maximum atomic E-state index is 14.1. The van der Waals surface area contributed by atoms with Crippen LogP contribution in [-0.2, 0) is 49.6 Å². The summed E-state index contributed by atoms with van der Waals surface area (Å²) in [6.45, 7) is 7.11. The first-order valence-electron chi connectivity index (χ1n) is 25.5. The van der Waals surface area contributed by atoms with E-state index in [0.29, 0.717) is 37.1 Å². The summed E-state index contributed by atoms with van der Waals surface area (Å²) >= 11 is 1.42. The molecule has 1 saturated heterocycles. The maximum absolute atomic E-state index is 14.1. The average molecular weight is 1140 g/mol. The molecule has 29 heteroatoms. The zero-order chi connectivity index (χ0) is 57.5. The Labute approximate surface area is 462 Å². The summed E-state index contributed by atoms with van der Waals surface area (Å²) in [5.74, 6) is -6.38. The van der Waals surface area contributed by atoms with Crippen LogP contribution < -0.4 is 76.5 Å². The van der Waals surface area contributed by atoms with E-state index in [1.807, 2.05) is 20.1 Å². The van der Waals surface area contributed by atoms with Crippen molar-refractivity contribution >= 4 is 98.4 Å². The van der Waals surface area contributed by atoms with Crippen LogP contribution in [0.4, 0.5) is 0 Å². The number of unbranched alkanes of at least 4 members (excludes halogenated alkanes) is 1. The van der Waals surface area contributed by atoms with E-state index in [-0.39, 0.29) is 93.3 Å². The molecule has 0 aromatic heterocycles. The summed E-state index contributed by atoms with van der Waals surface area (Å²) in [5, 5.41) is 34.7. The lowest BCUT2D eigenvalue weighted by atomic mass is 10.00. The van der Waals surface area contributed by atoms with Gasteiger partial charge >= 0.3 is 0 Å². The van der Waals surface area contributed by atoms with E-state index < -0.39 is 108 Å². The molecule has 2 rings (SSSR count). The van der Waals surface area contributed by atoms with Crippen molar-refractivity contribution < 1.29 is 48.3 Å². The normalized spacial score (nSPS) is 22.6. The van der Waals surface area contributed by atoms with Gasteiger partial charge in [0.1, 0.15) is 42.0 Å². The van der Waals surface area contributed by atoms with Crippen molar-refractivity contribution in [1.29, 1.82) is 0 Å². The van der Waals surface area contributed by atoms with E-state index in [0.717, 1.165) is 0 Å². The van der Waals surface area contributed by atoms with E-state index in [4.69, 9.17) is 28.7 Å². The standard InChI is InChI=1S/C48H82N16O10S3/c1-27(2)22-33-42(70)58-24-38(67)59-31(10-8-18-57-48(52)53)44(72)64-39(28(3)4)46(74)63-34(23-29-12-14-30(65)15-13-29)41(69)55-20-9-19-54-35(40(49)68)25-76-77-26-36(60-37(66)11-6-7-17-56-47(50)51)45(73)61-32(16-21-75-5)43(71)62-33/h12-15,27-28,31-36,39,54,65H,6-11,16-26H2,1-5H3,(H2,49,68)(H,55,69)(H,58,70)(H,59,67)(H,60,66)(H,61,73)(H,62,71)(H,63,74)(H,64,72)(H4,50,51,56)(H4,52,53,57).